The van der Waals surface area contributed by atoms with Crippen LogP contribution in [-0.4, -0.2) is 35.0 Å². The van der Waals surface area contributed by atoms with E-state index in [-0.39, 0.29) is 12.3 Å². The fraction of sp³-hybridized carbons (Fsp3) is 0.789. The Bertz CT molecular complexity index is 349. The summed E-state index contributed by atoms with van der Waals surface area (Å²) in [5.74, 6) is -1.49. The Kier molecular flexibility index (Phi) is 13.5. The highest BCUT2D eigenvalue weighted by molar-refractivity contribution is 5.82. The van der Waals surface area contributed by atoms with Crippen molar-refractivity contribution in [1.29, 1.82) is 0 Å². The van der Waals surface area contributed by atoms with Crippen molar-refractivity contribution in [2.75, 3.05) is 13.1 Å². The molecule has 0 aliphatic rings. The summed E-state index contributed by atoms with van der Waals surface area (Å²) in [7, 11) is 0. The Morgan fingerprint density at radius 1 is 0.957 bits per heavy atom. The molecule has 0 heterocycles. The third-order valence-electron chi connectivity index (χ3n) is 4.21. The first-order valence-corrected chi connectivity index (χ1v) is 9.22. The van der Waals surface area contributed by atoms with Gasteiger partial charge in [0.05, 0.1) is 5.92 Å². The number of carbonyl (C=O) groups is 2. The highest BCUT2D eigenvalue weighted by Gasteiger charge is 2.22. The first kappa shape index (κ1) is 21.7. The lowest BCUT2D eigenvalue weighted by Crippen LogP contribution is -2.33. The zero-order valence-electron chi connectivity index (χ0n) is 15.2. The largest absolute Gasteiger partial charge is 0.481 e. The van der Waals surface area contributed by atoms with Crippen molar-refractivity contribution in [3.8, 4) is 0 Å². The second-order valence-corrected chi connectivity index (χ2v) is 6.06. The molecule has 0 bridgehead atoms. The molecule has 0 rings (SSSR count). The van der Waals surface area contributed by atoms with Crippen LogP contribution in [0.15, 0.2) is 12.2 Å². The molecule has 4 heteroatoms. The molecule has 23 heavy (non-hydrogen) atoms. The van der Waals surface area contributed by atoms with Crippen LogP contribution >= 0.6 is 0 Å². The van der Waals surface area contributed by atoms with Gasteiger partial charge in [-0.25, -0.2) is 0 Å². The van der Waals surface area contributed by atoms with Gasteiger partial charge in [-0.1, -0.05) is 44.8 Å². The van der Waals surface area contributed by atoms with Gasteiger partial charge in [-0.3, -0.25) is 9.59 Å². The van der Waals surface area contributed by atoms with Crippen molar-refractivity contribution in [1.82, 2.24) is 4.90 Å². The van der Waals surface area contributed by atoms with Crippen LogP contribution in [0.1, 0.15) is 78.6 Å². The smallest absolute Gasteiger partial charge is 0.307 e. The van der Waals surface area contributed by atoms with E-state index in [0.717, 1.165) is 12.8 Å². The van der Waals surface area contributed by atoms with Gasteiger partial charge in [0.1, 0.15) is 0 Å². The minimum absolute atomic E-state index is 0.0534. The number of allylic oxidation sites excluding steroid dienone is 2. The number of hydrogen-bond donors (Lipinski definition) is 1. The number of rotatable bonds is 14. The molecule has 4 nitrogen and oxygen atoms in total. The highest BCUT2D eigenvalue weighted by atomic mass is 16.4. The number of carboxylic acid groups (broad SMARTS) is 1. The van der Waals surface area contributed by atoms with E-state index in [2.05, 4.69) is 19.1 Å². The van der Waals surface area contributed by atoms with Crippen LogP contribution in [0.5, 0.6) is 0 Å². The van der Waals surface area contributed by atoms with Crippen LogP contribution in [0.25, 0.3) is 0 Å². The summed E-state index contributed by atoms with van der Waals surface area (Å²) in [6, 6.07) is 0. The number of carbonyl (C=O) groups excluding carboxylic acids is 1. The molecular formula is C19H35NO3. The second-order valence-electron chi connectivity index (χ2n) is 6.06. The molecule has 1 amide bonds. The molecule has 1 unspecified atom stereocenters. The Labute approximate surface area is 141 Å². The Morgan fingerprint density at radius 2 is 1.57 bits per heavy atom. The molecule has 0 aromatic heterocycles. The van der Waals surface area contributed by atoms with Crippen LogP contribution in [-0.2, 0) is 9.59 Å². The molecule has 0 saturated heterocycles. The quantitative estimate of drug-likeness (QED) is 0.374. The van der Waals surface area contributed by atoms with Crippen LogP contribution < -0.4 is 0 Å². The molecular weight excluding hydrogens is 290 g/mol. The second kappa shape index (κ2) is 14.3. The molecule has 0 saturated carbocycles. The minimum Gasteiger partial charge on any atom is -0.481 e. The first-order chi connectivity index (χ1) is 11.1. The molecule has 0 fully saturated rings. The maximum Gasteiger partial charge on any atom is 0.307 e. The van der Waals surface area contributed by atoms with E-state index in [0.29, 0.717) is 19.5 Å². The number of carboxylic acids is 1. The summed E-state index contributed by atoms with van der Waals surface area (Å²) in [4.78, 5) is 25.0. The Balaban J connectivity index is 4.01. The van der Waals surface area contributed by atoms with Crippen LogP contribution in [0.2, 0.25) is 0 Å². The number of hydrogen-bond acceptors (Lipinski definition) is 2. The van der Waals surface area contributed by atoms with Gasteiger partial charge < -0.3 is 10.0 Å². The van der Waals surface area contributed by atoms with Gasteiger partial charge in [0.25, 0.3) is 0 Å². The first-order valence-electron chi connectivity index (χ1n) is 9.22. The predicted octanol–water partition coefficient (Wildman–Crippen LogP) is 4.64. The summed E-state index contributed by atoms with van der Waals surface area (Å²) in [6.45, 7) is 7.32. The predicted molar refractivity (Wildman–Crippen MR) is 95.4 cm³/mol. The van der Waals surface area contributed by atoms with Crippen molar-refractivity contribution in [3.63, 3.8) is 0 Å². The van der Waals surface area contributed by atoms with E-state index in [1.165, 1.54) is 32.1 Å². The van der Waals surface area contributed by atoms with Gasteiger partial charge in [0, 0.05) is 19.5 Å². The molecule has 134 valence electrons. The Hall–Kier alpha value is -1.32. The third-order valence-corrected chi connectivity index (χ3v) is 4.21. The van der Waals surface area contributed by atoms with Gasteiger partial charge in [-0.2, -0.15) is 0 Å². The lowest BCUT2D eigenvalue weighted by Gasteiger charge is -2.20. The zero-order chi connectivity index (χ0) is 17.5. The standard InChI is InChI=1S/C19H35NO3/c1-4-7-8-9-10-11-12-13-14-15-17(19(22)23)16-18(21)20(5-2)6-3/h12-13,17H,4-11,14-16H2,1-3H3,(H,22,23)/b13-12+. The van der Waals surface area contributed by atoms with Gasteiger partial charge >= 0.3 is 5.97 Å². The molecule has 1 N–H and O–H groups in total. The normalized spacial score (nSPS) is 12.5. The number of nitrogens with zero attached hydrogens (tertiary/aromatic N) is 1. The van der Waals surface area contributed by atoms with E-state index < -0.39 is 11.9 Å². The van der Waals surface area contributed by atoms with Crippen LogP contribution in [0.4, 0.5) is 0 Å². The third kappa shape index (κ3) is 10.9. The van der Waals surface area contributed by atoms with E-state index in [1.807, 2.05) is 13.8 Å². The Morgan fingerprint density at radius 3 is 2.13 bits per heavy atom. The summed E-state index contributed by atoms with van der Waals surface area (Å²) < 4.78 is 0. The number of unbranched alkanes of at least 4 members (excludes halogenated alkanes) is 5. The van der Waals surface area contributed by atoms with E-state index in [9.17, 15) is 14.7 Å². The van der Waals surface area contributed by atoms with Gasteiger partial charge in [-0.05, 0) is 39.5 Å². The van der Waals surface area contributed by atoms with Crippen molar-refractivity contribution in [3.05, 3.63) is 12.2 Å². The van der Waals surface area contributed by atoms with Gasteiger partial charge in [-0.15, -0.1) is 0 Å². The fourth-order valence-electron chi connectivity index (χ4n) is 2.63. The van der Waals surface area contributed by atoms with Crippen molar-refractivity contribution >= 4 is 11.9 Å². The summed E-state index contributed by atoms with van der Waals surface area (Å²) in [5, 5.41) is 9.28. The zero-order valence-corrected chi connectivity index (χ0v) is 15.2. The summed E-state index contributed by atoms with van der Waals surface area (Å²) >= 11 is 0. The highest BCUT2D eigenvalue weighted by Crippen LogP contribution is 2.15. The van der Waals surface area contributed by atoms with Crippen LogP contribution in [0, 0.1) is 5.92 Å². The summed E-state index contributed by atoms with van der Waals surface area (Å²) in [6.07, 6.45) is 13.0. The lowest BCUT2D eigenvalue weighted by molar-refractivity contribution is -0.146. The maximum absolute atomic E-state index is 12.0. The molecule has 0 aromatic rings. The summed E-state index contributed by atoms with van der Waals surface area (Å²) in [5.41, 5.74) is 0. The molecule has 1 atom stereocenters. The van der Waals surface area contributed by atoms with Crippen LogP contribution in [0.3, 0.4) is 0 Å². The number of aliphatic carboxylic acids is 1. The van der Waals surface area contributed by atoms with E-state index >= 15 is 0 Å². The average Bonchev–Trinajstić information content (AvgIpc) is 2.53. The molecule has 0 aromatic carbocycles. The van der Waals surface area contributed by atoms with E-state index in [4.69, 9.17) is 0 Å². The topological polar surface area (TPSA) is 57.6 Å². The van der Waals surface area contributed by atoms with Crippen molar-refractivity contribution in [2.45, 2.75) is 78.6 Å². The molecule has 0 aliphatic carbocycles. The fourth-order valence-corrected chi connectivity index (χ4v) is 2.63. The molecule has 0 spiro atoms. The molecule has 0 radical (unpaired) electrons. The monoisotopic (exact) mass is 325 g/mol. The lowest BCUT2D eigenvalue weighted by atomic mass is 9.98. The average molecular weight is 325 g/mol. The minimum atomic E-state index is -0.863. The van der Waals surface area contributed by atoms with Crippen molar-refractivity contribution < 1.29 is 14.7 Å². The number of amides is 1. The van der Waals surface area contributed by atoms with Gasteiger partial charge in [0.15, 0.2) is 0 Å². The van der Waals surface area contributed by atoms with Crippen molar-refractivity contribution in [2.24, 2.45) is 5.92 Å². The SMILES string of the molecule is CCCCCCC/C=C/CCC(CC(=O)N(CC)CC)C(=O)O. The van der Waals surface area contributed by atoms with E-state index in [1.54, 1.807) is 4.90 Å². The maximum atomic E-state index is 12.0. The molecule has 0 aliphatic heterocycles. The van der Waals surface area contributed by atoms with Gasteiger partial charge in [0.2, 0.25) is 5.91 Å².